The first-order valence-electron chi connectivity index (χ1n) is 11.4. The number of nitrogens with zero attached hydrogens (tertiary/aromatic N) is 3. The molecule has 1 aromatic heterocycles. The van der Waals surface area contributed by atoms with E-state index in [0.29, 0.717) is 11.6 Å². The number of carbonyl (C=O) groups is 1. The fourth-order valence-electron chi connectivity index (χ4n) is 5.87. The van der Waals surface area contributed by atoms with E-state index >= 15 is 0 Å². The maximum Gasteiger partial charge on any atom is 0.257 e. The third-order valence-corrected chi connectivity index (χ3v) is 9.26. The lowest BCUT2D eigenvalue weighted by atomic mass is 9.85. The first-order valence-corrected chi connectivity index (χ1v) is 13.3. The number of sulfone groups is 1. The summed E-state index contributed by atoms with van der Waals surface area (Å²) in [7, 11) is -3.02. The zero-order chi connectivity index (χ0) is 21.0. The second-order valence-corrected chi connectivity index (χ2v) is 12.4. The molecule has 7 nitrogen and oxygen atoms in total. The Morgan fingerprint density at radius 3 is 2.63 bits per heavy atom. The summed E-state index contributed by atoms with van der Waals surface area (Å²) >= 11 is 0. The predicted molar refractivity (Wildman–Crippen MR) is 114 cm³/mol. The zero-order valence-corrected chi connectivity index (χ0v) is 18.7. The van der Waals surface area contributed by atoms with Crippen LogP contribution in [0.5, 0.6) is 0 Å². The lowest BCUT2D eigenvalue weighted by molar-refractivity contribution is 0.0767. The predicted octanol–water partition coefficient (Wildman–Crippen LogP) is 2.31. The molecule has 3 heterocycles. The molecule has 1 aromatic rings. The van der Waals surface area contributed by atoms with Crippen LogP contribution >= 0.6 is 0 Å². The molecule has 5 rings (SSSR count). The van der Waals surface area contributed by atoms with Gasteiger partial charge in [-0.1, -0.05) is 20.3 Å². The smallest absolute Gasteiger partial charge is 0.257 e. The van der Waals surface area contributed by atoms with Crippen LogP contribution in [-0.2, 0) is 9.84 Å². The van der Waals surface area contributed by atoms with Crippen molar-refractivity contribution in [2.45, 2.75) is 64.0 Å². The molecule has 5 atom stereocenters. The van der Waals surface area contributed by atoms with Gasteiger partial charge < -0.3 is 10.2 Å². The maximum atomic E-state index is 13.0. The van der Waals surface area contributed by atoms with Gasteiger partial charge in [0.1, 0.15) is 5.82 Å². The molecule has 8 heteroatoms. The molecule has 0 spiro atoms. The number of hydrogen-bond acceptors (Lipinski definition) is 6. The first kappa shape index (κ1) is 20.4. The van der Waals surface area contributed by atoms with Crippen molar-refractivity contribution in [1.82, 2.24) is 20.2 Å². The van der Waals surface area contributed by atoms with Crippen LogP contribution in [0.2, 0.25) is 0 Å². The Bertz CT molecular complexity index is 934. The van der Waals surface area contributed by atoms with Gasteiger partial charge in [0.2, 0.25) is 0 Å². The van der Waals surface area contributed by atoms with E-state index in [1.54, 1.807) is 11.1 Å². The molecule has 2 saturated carbocycles. The third kappa shape index (κ3) is 3.88. The van der Waals surface area contributed by atoms with Crippen LogP contribution in [0.1, 0.15) is 79.8 Å². The summed E-state index contributed by atoms with van der Waals surface area (Å²) in [5, 5.41) is 3.57. The van der Waals surface area contributed by atoms with E-state index in [9.17, 15) is 13.2 Å². The van der Waals surface area contributed by atoms with Crippen molar-refractivity contribution in [3.05, 3.63) is 23.3 Å². The minimum Gasteiger partial charge on any atom is -0.337 e. The van der Waals surface area contributed by atoms with Gasteiger partial charge in [-0.15, -0.1) is 0 Å². The summed E-state index contributed by atoms with van der Waals surface area (Å²) in [6.07, 6.45) is 8.56. The van der Waals surface area contributed by atoms with Gasteiger partial charge in [0.25, 0.3) is 5.91 Å². The second-order valence-electron chi connectivity index (χ2n) is 10.0. The van der Waals surface area contributed by atoms with Crippen LogP contribution in [0, 0.1) is 17.8 Å². The first-order chi connectivity index (χ1) is 14.3. The van der Waals surface area contributed by atoms with Gasteiger partial charge in [-0.25, -0.2) is 18.4 Å². The SMILES string of the molecule is CC(C)c1nc(C2NC2C[C@H]2C[C@@H]3CC[C@H]2C3)ncc1C(=O)N1CCS(=O)(=O)CC1. The van der Waals surface area contributed by atoms with E-state index in [4.69, 9.17) is 4.98 Å². The molecular formula is C22H32N4O3S. The fraction of sp³-hybridized carbons (Fsp3) is 0.773. The summed E-state index contributed by atoms with van der Waals surface area (Å²) in [6.45, 7) is 4.57. The maximum absolute atomic E-state index is 13.0. The average molecular weight is 433 g/mol. The van der Waals surface area contributed by atoms with Crippen molar-refractivity contribution >= 4 is 15.7 Å². The van der Waals surface area contributed by atoms with Crippen molar-refractivity contribution in [2.75, 3.05) is 24.6 Å². The monoisotopic (exact) mass is 432 g/mol. The number of carbonyl (C=O) groups excluding carboxylic acids is 1. The van der Waals surface area contributed by atoms with Gasteiger partial charge in [-0.2, -0.15) is 0 Å². The minimum absolute atomic E-state index is 0.0331. The van der Waals surface area contributed by atoms with E-state index in [2.05, 4.69) is 10.3 Å². The largest absolute Gasteiger partial charge is 0.337 e. The van der Waals surface area contributed by atoms with Crippen LogP contribution in [-0.4, -0.2) is 59.8 Å². The lowest BCUT2D eigenvalue weighted by Crippen LogP contribution is -2.44. The van der Waals surface area contributed by atoms with Gasteiger partial charge in [0, 0.05) is 25.3 Å². The van der Waals surface area contributed by atoms with Crippen LogP contribution in [0.4, 0.5) is 0 Å². The average Bonchev–Trinajstić information content (AvgIpc) is 3.15. The Morgan fingerprint density at radius 2 is 2.00 bits per heavy atom. The molecule has 2 aliphatic carbocycles. The molecule has 2 unspecified atom stereocenters. The lowest BCUT2D eigenvalue weighted by Gasteiger charge is -2.27. The van der Waals surface area contributed by atoms with Crippen LogP contribution in [0.15, 0.2) is 6.20 Å². The Hall–Kier alpha value is -1.54. The molecule has 2 saturated heterocycles. The molecule has 30 heavy (non-hydrogen) atoms. The highest BCUT2D eigenvalue weighted by Gasteiger charge is 2.46. The number of amides is 1. The van der Waals surface area contributed by atoms with E-state index in [1.807, 2.05) is 13.8 Å². The van der Waals surface area contributed by atoms with Gasteiger partial charge in [0.05, 0.1) is 28.8 Å². The molecule has 4 aliphatic rings. The molecule has 1 N–H and O–H groups in total. The van der Waals surface area contributed by atoms with Gasteiger partial charge >= 0.3 is 0 Å². The zero-order valence-electron chi connectivity index (χ0n) is 17.9. The van der Waals surface area contributed by atoms with E-state index in [-0.39, 0.29) is 42.5 Å². The van der Waals surface area contributed by atoms with Gasteiger partial charge in [-0.3, -0.25) is 4.79 Å². The van der Waals surface area contributed by atoms with Crippen LogP contribution in [0.25, 0.3) is 0 Å². The summed E-state index contributed by atoms with van der Waals surface area (Å²) in [6, 6.07) is 0.661. The standard InChI is InChI=1S/C22H32N4O3S/c1-13(2)19-17(22(27)26-5-7-30(28,29)8-6-26)12-23-21(25-19)20-18(24-20)11-16-10-14-3-4-15(16)9-14/h12-16,18,20,24H,3-11H2,1-2H3/t14-,15+,16-,18?,20?/m1/s1. The Kier molecular flexibility index (Phi) is 5.13. The topological polar surface area (TPSA) is 102 Å². The summed E-state index contributed by atoms with van der Waals surface area (Å²) in [5.41, 5.74) is 1.28. The molecule has 2 aliphatic heterocycles. The number of nitrogens with one attached hydrogen (secondary N) is 1. The third-order valence-electron chi connectivity index (χ3n) is 7.65. The summed E-state index contributed by atoms with van der Waals surface area (Å²) < 4.78 is 23.4. The highest BCUT2D eigenvalue weighted by Crippen LogP contribution is 2.51. The quantitative estimate of drug-likeness (QED) is 0.717. The highest BCUT2D eigenvalue weighted by molar-refractivity contribution is 7.91. The highest BCUT2D eigenvalue weighted by atomic mass is 32.2. The molecule has 1 amide bonds. The number of aromatic nitrogens is 2. The van der Waals surface area contributed by atoms with E-state index in [0.717, 1.165) is 29.3 Å². The van der Waals surface area contributed by atoms with Crippen molar-refractivity contribution in [2.24, 2.45) is 17.8 Å². The Balaban J connectivity index is 1.28. The van der Waals surface area contributed by atoms with Gasteiger partial charge in [-0.05, 0) is 49.4 Å². The summed E-state index contributed by atoms with van der Waals surface area (Å²) in [4.78, 5) is 24.0. The van der Waals surface area contributed by atoms with Crippen molar-refractivity contribution < 1.29 is 13.2 Å². The molecule has 0 radical (unpaired) electrons. The van der Waals surface area contributed by atoms with E-state index < -0.39 is 9.84 Å². The van der Waals surface area contributed by atoms with E-state index in [1.165, 1.54) is 32.1 Å². The number of hydrogen-bond donors (Lipinski definition) is 1. The Morgan fingerprint density at radius 1 is 1.23 bits per heavy atom. The minimum atomic E-state index is -3.02. The van der Waals surface area contributed by atoms with Crippen molar-refractivity contribution in [3.8, 4) is 0 Å². The molecule has 164 valence electrons. The van der Waals surface area contributed by atoms with Crippen LogP contribution < -0.4 is 5.32 Å². The van der Waals surface area contributed by atoms with Crippen LogP contribution in [0.3, 0.4) is 0 Å². The second kappa shape index (κ2) is 7.55. The molecule has 0 aromatic carbocycles. The van der Waals surface area contributed by atoms with Crippen molar-refractivity contribution in [1.29, 1.82) is 0 Å². The molecular weight excluding hydrogens is 400 g/mol. The summed E-state index contributed by atoms with van der Waals surface area (Å²) in [5.74, 6) is 3.56. The fourth-order valence-corrected chi connectivity index (χ4v) is 7.08. The molecule has 2 bridgehead atoms. The number of fused-ring (bicyclic) bond motifs is 2. The molecule has 4 fully saturated rings. The Labute approximate surface area is 179 Å². The normalized spacial score (nSPS) is 34.5. The van der Waals surface area contributed by atoms with Crippen molar-refractivity contribution in [3.63, 3.8) is 0 Å². The van der Waals surface area contributed by atoms with Gasteiger partial charge in [0.15, 0.2) is 9.84 Å². The number of rotatable bonds is 5.